The Balaban J connectivity index is 1.84. The van der Waals surface area contributed by atoms with E-state index in [0.29, 0.717) is 24.5 Å². The largest absolute Gasteiger partial charge is 0.339 e. The smallest absolute Gasteiger partial charge is 0.261 e. The molecule has 1 N–H and O–H groups in total. The molecule has 1 aliphatic rings. The molecule has 1 atom stereocenters. The van der Waals surface area contributed by atoms with Crippen molar-refractivity contribution in [3.8, 4) is 0 Å². The molecule has 1 aliphatic heterocycles. The second kappa shape index (κ2) is 10.8. The Kier molecular flexibility index (Phi) is 8.10. The van der Waals surface area contributed by atoms with Gasteiger partial charge in [0.1, 0.15) is 0 Å². The first-order chi connectivity index (χ1) is 15.7. The molecule has 0 spiro atoms. The Labute approximate surface area is 198 Å². The van der Waals surface area contributed by atoms with E-state index < -0.39 is 27.0 Å². The number of benzene rings is 2. The van der Waals surface area contributed by atoms with Crippen molar-refractivity contribution in [2.45, 2.75) is 30.0 Å². The summed E-state index contributed by atoms with van der Waals surface area (Å²) in [5.74, 6) is -1.43. The standard InChI is InChI=1S/C23H26ClN3O5S/c1-2-6-20(28)26-13-15-27(16-14-26)23(30)22(33(31,32)19-7-4-3-5-8-19)25-21(29)17-9-11-18(24)12-10-17/h3-5,7-12,22H,2,6,13-16H2,1H3,(H,25,29)/t22-/m0/s1. The summed E-state index contributed by atoms with van der Waals surface area (Å²) in [4.78, 5) is 41.3. The number of carbonyl (C=O) groups is 3. The van der Waals surface area contributed by atoms with Crippen LogP contribution in [0.2, 0.25) is 5.02 Å². The van der Waals surface area contributed by atoms with E-state index in [2.05, 4.69) is 5.32 Å². The van der Waals surface area contributed by atoms with Gasteiger partial charge in [-0.15, -0.1) is 0 Å². The predicted molar refractivity (Wildman–Crippen MR) is 124 cm³/mol. The lowest BCUT2D eigenvalue weighted by molar-refractivity contribution is -0.139. The molecule has 1 fully saturated rings. The van der Waals surface area contributed by atoms with Crippen LogP contribution in [0.4, 0.5) is 0 Å². The zero-order valence-corrected chi connectivity index (χ0v) is 19.8. The topological polar surface area (TPSA) is 104 Å². The van der Waals surface area contributed by atoms with Crippen LogP contribution in [0.25, 0.3) is 0 Å². The number of piperazine rings is 1. The van der Waals surface area contributed by atoms with Crippen LogP contribution >= 0.6 is 11.6 Å². The Morgan fingerprint density at radius 2 is 1.52 bits per heavy atom. The normalized spacial score (nSPS) is 15.1. The number of nitrogens with zero attached hydrogens (tertiary/aromatic N) is 2. The summed E-state index contributed by atoms with van der Waals surface area (Å²) in [5, 5.41) is 1.02. The molecule has 1 heterocycles. The fourth-order valence-corrected chi connectivity index (χ4v) is 5.15. The van der Waals surface area contributed by atoms with Crippen LogP contribution in [0.5, 0.6) is 0 Å². The molecule has 1 saturated heterocycles. The second-order valence-corrected chi connectivity index (χ2v) is 10.1. The van der Waals surface area contributed by atoms with Gasteiger partial charge in [-0.2, -0.15) is 0 Å². The molecule has 176 valence electrons. The average molecular weight is 492 g/mol. The highest BCUT2D eigenvalue weighted by Gasteiger charge is 2.39. The summed E-state index contributed by atoms with van der Waals surface area (Å²) >= 11 is 5.86. The summed E-state index contributed by atoms with van der Waals surface area (Å²) in [6, 6.07) is 13.4. The molecule has 3 amide bonds. The highest BCUT2D eigenvalue weighted by atomic mass is 35.5. The van der Waals surface area contributed by atoms with Crippen molar-refractivity contribution in [3.63, 3.8) is 0 Å². The zero-order chi connectivity index (χ0) is 24.0. The van der Waals surface area contributed by atoms with Gasteiger partial charge in [0.05, 0.1) is 4.90 Å². The lowest BCUT2D eigenvalue weighted by atomic mass is 10.2. The summed E-state index contributed by atoms with van der Waals surface area (Å²) < 4.78 is 26.7. The van der Waals surface area contributed by atoms with E-state index in [4.69, 9.17) is 11.6 Å². The molecule has 0 aliphatic carbocycles. The minimum atomic E-state index is -4.23. The summed E-state index contributed by atoms with van der Waals surface area (Å²) in [6.45, 7) is 2.92. The van der Waals surface area contributed by atoms with Crippen molar-refractivity contribution in [1.82, 2.24) is 15.1 Å². The fourth-order valence-electron chi connectivity index (χ4n) is 3.54. The number of halogens is 1. The first-order valence-corrected chi connectivity index (χ1v) is 12.6. The number of nitrogens with one attached hydrogen (secondary N) is 1. The lowest BCUT2D eigenvalue weighted by Crippen LogP contribution is -2.57. The van der Waals surface area contributed by atoms with E-state index in [9.17, 15) is 22.8 Å². The summed E-state index contributed by atoms with van der Waals surface area (Å²) in [6.07, 6.45) is 1.15. The summed E-state index contributed by atoms with van der Waals surface area (Å²) in [5.41, 5.74) is 0.176. The van der Waals surface area contributed by atoms with Gasteiger partial charge in [-0.3, -0.25) is 14.4 Å². The quantitative estimate of drug-likeness (QED) is 0.640. The molecular weight excluding hydrogens is 466 g/mol. The number of carbonyl (C=O) groups excluding carboxylic acids is 3. The maximum absolute atomic E-state index is 13.3. The highest BCUT2D eigenvalue weighted by molar-refractivity contribution is 7.92. The van der Waals surface area contributed by atoms with Crippen molar-refractivity contribution in [2.24, 2.45) is 0 Å². The third-order valence-electron chi connectivity index (χ3n) is 5.38. The Hall–Kier alpha value is -2.91. The SMILES string of the molecule is CCCC(=O)N1CCN(C(=O)[C@@H](NC(=O)c2ccc(Cl)cc2)S(=O)(=O)c2ccccc2)CC1. The molecule has 0 bridgehead atoms. The van der Waals surface area contributed by atoms with E-state index in [1.807, 2.05) is 6.92 Å². The number of rotatable bonds is 7. The van der Waals surface area contributed by atoms with Gasteiger partial charge in [-0.1, -0.05) is 36.7 Å². The molecule has 0 saturated carbocycles. The van der Waals surface area contributed by atoms with Gasteiger partial charge in [0.25, 0.3) is 11.8 Å². The molecule has 10 heteroatoms. The number of sulfone groups is 1. The van der Waals surface area contributed by atoms with Crippen LogP contribution in [0, 0.1) is 0 Å². The van der Waals surface area contributed by atoms with Gasteiger partial charge < -0.3 is 15.1 Å². The van der Waals surface area contributed by atoms with Crippen molar-refractivity contribution in [1.29, 1.82) is 0 Å². The number of amides is 3. The van der Waals surface area contributed by atoms with E-state index in [0.717, 1.165) is 6.42 Å². The summed E-state index contributed by atoms with van der Waals surface area (Å²) in [7, 11) is -4.23. The van der Waals surface area contributed by atoms with Crippen LogP contribution in [-0.2, 0) is 19.4 Å². The second-order valence-electron chi connectivity index (χ2n) is 7.67. The molecular formula is C23H26ClN3O5S. The molecule has 8 nitrogen and oxygen atoms in total. The third kappa shape index (κ3) is 5.91. The van der Waals surface area contributed by atoms with Crippen molar-refractivity contribution in [3.05, 3.63) is 65.2 Å². The predicted octanol–water partition coefficient (Wildman–Crippen LogP) is 2.34. The Morgan fingerprint density at radius 3 is 2.09 bits per heavy atom. The number of hydrogen-bond donors (Lipinski definition) is 1. The average Bonchev–Trinajstić information content (AvgIpc) is 2.83. The maximum atomic E-state index is 13.3. The van der Waals surface area contributed by atoms with Gasteiger partial charge in [0.2, 0.25) is 21.1 Å². The molecule has 2 aromatic rings. The number of hydrogen-bond acceptors (Lipinski definition) is 5. The fraction of sp³-hybridized carbons (Fsp3) is 0.348. The van der Waals surface area contributed by atoms with Gasteiger partial charge in [0, 0.05) is 43.2 Å². The Morgan fingerprint density at radius 1 is 0.939 bits per heavy atom. The molecule has 0 radical (unpaired) electrons. The van der Waals surface area contributed by atoms with Gasteiger partial charge in [-0.25, -0.2) is 8.42 Å². The first kappa shape index (κ1) is 24.7. The van der Waals surface area contributed by atoms with Gasteiger partial charge in [-0.05, 0) is 42.8 Å². The van der Waals surface area contributed by atoms with Crippen LogP contribution in [0.15, 0.2) is 59.5 Å². The Bertz CT molecular complexity index is 1100. The van der Waals surface area contributed by atoms with Gasteiger partial charge >= 0.3 is 0 Å². The van der Waals surface area contributed by atoms with E-state index in [1.54, 1.807) is 23.1 Å². The maximum Gasteiger partial charge on any atom is 0.261 e. The van der Waals surface area contributed by atoms with Crippen LogP contribution in [0.3, 0.4) is 0 Å². The van der Waals surface area contributed by atoms with E-state index in [1.165, 1.54) is 41.3 Å². The monoisotopic (exact) mass is 491 g/mol. The van der Waals surface area contributed by atoms with Crippen molar-refractivity contribution in [2.75, 3.05) is 26.2 Å². The van der Waals surface area contributed by atoms with Crippen LogP contribution < -0.4 is 5.32 Å². The van der Waals surface area contributed by atoms with Crippen LogP contribution in [0.1, 0.15) is 30.1 Å². The van der Waals surface area contributed by atoms with Crippen LogP contribution in [-0.4, -0.2) is 67.5 Å². The first-order valence-electron chi connectivity index (χ1n) is 10.7. The molecule has 0 unspecified atom stereocenters. The minimum absolute atomic E-state index is 0.00842. The van der Waals surface area contributed by atoms with E-state index in [-0.39, 0.29) is 29.5 Å². The highest BCUT2D eigenvalue weighted by Crippen LogP contribution is 2.19. The van der Waals surface area contributed by atoms with Crippen molar-refractivity contribution >= 4 is 39.2 Å². The molecule has 3 rings (SSSR count). The van der Waals surface area contributed by atoms with Gasteiger partial charge in [0.15, 0.2) is 0 Å². The lowest BCUT2D eigenvalue weighted by Gasteiger charge is -2.36. The molecule has 2 aromatic carbocycles. The molecule has 0 aromatic heterocycles. The minimum Gasteiger partial charge on any atom is -0.339 e. The zero-order valence-electron chi connectivity index (χ0n) is 18.2. The van der Waals surface area contributed by atoms with E-state index >= 15 is 0 Å². The van der Waals surface area contributed by atoms with Crippen molar-refractivity contribution < 1.29 is 22.8 Å². The molecule has 33 heavy (non-hydrogen) atoms. The third-order valence-corrected chi connectivity index (χ3v) is 7.50.